The lowest BCUT2D eigenvalue weighted by atomic mass is 9.98. The monoisotopic (exact) mass is 978 g/mol. The molecule has 20 heteroatoms. The molecule has 0 aliphatic carbocycles. The third kappa shape index (κ3) is 18.0. The molecule has 5 rings (SSSR count). The molecule has 0 radical (unpaired) electrons. The zero-order chi connectivity index (χ0) is 50.2. The van der Waals surface area contributed by atoms with Gasteiger partial charge in [-0.1, -0.05) is 30.3 Å². The number of alkyl halides is 10. The summed E-state index contributed by atoms with van der Waals surface area (Å²) in [5, 5.41) is 0. The van der Waals surface area contributed by atoms with Crippen LogP contribution in [0.3, 0.4) is 0 Å². The van der Waals surface area contributed by atoms with Crippen molar-refractivity contribution < 1.29 is 81.9 Å². The summed E-state index contributed by atoms with van der Waals surface area (Å²) in [7, 11) is 0. The van der Waals surface area contributed by atoms with Crippen molar-refractivity contribution in [2.24, 2.45) is 0 Å². The first-order valence-electron chi connectivity index (χ1n) is 20.8. The third-order valence-electron chi connectivity index (χ3n) is 9.61. The van der Waals surface area contributed by atoms with Gasteiger partial charge >= 0.3 is 36.5 Å². The lowest BCUT2D eigenvalue weighted by Crippen LogP contribution is -2.21. The number of halogens is 10. The summed E-state index contributed by atoms with van der Waals surface area (Å²) in [6.07, 6.45) is -14.0. The van der Waals surface area contributed by atoms with Crippen LogP contribution in [0.25, 0.3) is 12.2 Å². The van der Waals surface area contributed by atoms with Gasteiger partial charge in [0.15, 0.2) is 0 Å². The van der Waals surface area contributed by atoms with Crippen molar-refractivity contribution in [1.29, 1.82) is 0 Å². The number of ether oxygens (including phenoxy) is 6. The average Bonchev–Trinajstić information content (AvgIpc) is 3.28. The van der Waals surface area contributed by atoms with Crippen molar-refractivity contribution in [3.05, 3.63) is 155 Å². The van der Waals surface area contributed by atoms with E-state index in [1.54, 1.807) is 12.1 Å². The van der Waals surface area contributed by atoms with E-state index >= 15 is 0 Å². The van der Waals surface area contributed by atoms with E-state index in [2.05, 4.69) is 0 Å². The van der Waals surface area contributed by atoms with Gasteiger partial charge < -0.3 is 39.9 Å². The minimum atomic E-state index is -4.33. The molecule has 69 heavy (non-hydrogen) atoms. The summed E-state index contributed by atoms with van der Waals surface area (Å²) in [5.74, 6) is -2.60. The summed E-state index contributed by atoms with van der Waals surface area (Å²) >= 11 is 0. The topological polar surface area (TPSA) is 142 Å². The van der Waals surface area contributed by atoms with Crippen molar-refractivity contribution in [3.63, 3.8) is 0 Å². The average molecular weight is 979 g/mol. The molecule has 0 fully saturated rings. The Kier molecular flexibility index (Phi) is 18.0. The van der Waals surface area contributed by atoms with Crippen molar-refractivity contribution in [1.82, 2.24) is 0 Å². The van der Waals surface area contributed by atoms with Crippen LogP contribution in [0.1, 0.15) is 59.4 Å². The zero-order valence-electron chi connectivity index (χ0n) is 36.2. The van der Waals surface area contributed by atoms with Gasteiger partial charge in [-0.15, -0.1) is 0 Å². The Morgan fingerprint density at radius 1 is 0.507 bits per heavy atom. The minimum absolute atomic E-state index is 0.111. The SMILES string of the molecule is Nc1ccc(C(COC(=O)/C=C/c2ccc(OC(F)(F)c3ccc(OCCCC(F)(F)F)cc3)cc2)COC(=O)/C=C/c2ccc(OC(F)(F)c3ccc(OCCCC(F)(F)F)cc3)cc2)c(N)c1. The van der Waals surface area contributed by atoms with E-state index in [1.807, 2.05) is 0 Å². The number of nitrogen functional groups attached to an aromatic ring is 2. The van der Waals surface area contributed by atoms with E-state index < -0.39 is 66.4 Å². The molecule has 368 valence electrons. The third-order valence-corrected chi connectivity index (χ3v) is 9.61. The number of carbonyl (C=O) groups excluding carboxylic acids is 2. The van der Waals surface area contributed by atoms with Gasteiger partial charge in [0.05, 0.1) is 30.3 Å². The molecule has 0 aromatic heterocycles. The summed E-state index contributed by atoms with van der Waals surface area (Å²) in [6.45, 7) is -1.11. The first kappa shape index (κ1) is 52.6. The number of carbonyl (C=O) groups is 2. The van der Waals surface area contributed by atoms with Gasteiger partial charge in [-0.3, -0.25) is 0 Å². The van der Waals surface area contributed by atoms with E-state index in [4.69, 9.17) is 39.9 Å². The van der Waals surface area contributed by atoms with Crippen LogP contribution >= 0.6 is 0 Å². The van der Waals surface area contributed by atoms with Crippen molar-refractivity contribution >= 4 is 35.5 Å². The van der Waals surface area contributed by atoms with E-state index in [9.17, 15) is 53.5 Å². The van der Waals surface area contributed by atoms with Crippen molar-refractivity contribution in [3.8, 4) is 23.0 Å². The lowest BCUT2D eigenvalue weighted by Gasteiger charge is -2.19. The fourth-order valence-corrected chi connectivity index (χ4v) is 6.11. The first-order chi connectivity index (χ1) is 32.5. The molecule has 5 aromatic carbocycles. The Labute approximate surface area is 389 Å². The lowest BCUT2D eigenvalue weighted by molar-refractivity contribution is -0.186. The van der Waals surface area contributed by atoms with Gasteiger partial charge in [0, 0.05) is 36.4 Å². The quantitative estimate of drug-likeness (QED) is 0.0214. The maximum atomic E-state index is 14.9. The standard InChI is InChI=1S/C49H44F10N2O8/c50-46(51,52)25-1-27-64-38-18-9-35(10-19-38)48(56,57)68-40-14-3-32(4-15-40)7-23-44(62)66-30-34(42-22-13-37(60)29-43(42)61)31-67-45(63)24-8-33-5-16-41(17-6-33)69-49(58,59)36-11-20-39(21-12-36)65-28-2-26-47(53,54)55/h3-24,29,34H,1-2,25-28,30-31,60-61H2/b23-7+,24-8+. The van der Waals surface area contributed by atoms with Crippen LogP contribution in [0.4, 0.5) is 55.3 Å². The van der Waals surface area contributed by atoms with Crippen LogP contribution in [-0.4, -0.2) is 50.7 Å². The van der Waals surface area contributed by atoms with E-state index in [0.29, 0.717) is 22.4 Å². The maximum Gasteiger partial charge on any atom is 0.426 e. The molecule has 0 saturated carbocycles. The number of benzene rings is 5. The van der Waals surface area contributed by atoms with Gasteiger partial charge in [-0.2, -0.15) is 43.9 Å². The van der Waals surface area contributed by atoms with Gasteiger partial charge in [0.1, 0.15) is 36.2 Å². The second kappa shape index (κ2) is 23.6. The second-order valence-electron chi connectivity index (χ2n) is 15.1. The predicted octanol–water partition coefficient (Wildman–Crippen LogP) is 12.1. The summed E-state index contributed by atoms with van der Waals surface area (Å²) < 4.78 is 164. The molecule has 10 nitrogen and oxygen atoms in total. The highest BCUT2D eigenvalue weighted by molar-refractivity contribution is 5.87. The van der Waals surface area contributed by atoms with E-state index in [0.717, 1.165) is 36.4 Å². The molecule has 0 saturated heterocycles. The van der Waals surface area contributed by atoms with Gasteiger partial charge in [0.2, 0.25) is 0 Å². The zero-order valence-corrected chi connectivity index (χ0v) is 36.2. The highest BCUT2D eigenvalue weighted by Crippen LogP contribution is 2.35. The molecule has 0 bridgehead atoms. The number of hydrogen-bond donors (Lipinski definition) is 2. The summed E-state index contributed by atoms with van der Waals surface area (Å²) in [5.41, 5.74) is 12.8. The summed E-state index contributed by atoms with van der Waals surface area (Å²) in [6, 6.07) is 24.0. The molecular formula is C49H44F10N2O8. The Hall–Kier alpha value is -7.38. The largest absolute Gasteiger partial charge is 0.494 e. The van der Waals surface area contributed by atoms with Crippen LogP contribution < -0.4 is 30.4 Å². The normalized spacial score (nSPS) is 12.3. The highest BCUT2D eigenvalue weighted by atomic mass is 19.4. The molecule has 0 aliphatic rings. The molecular weight excluding hydrogens is 935 g/mol. The molecule has 0 unspecified atom stereocenters. The Balaban J connectivity index is 1.09. The molecule has 0 atom stereocenters. The number of nitrogens with two attached hydrogens (primary N) is 2. The number of rotatable bonds is 23. The number of anilines is 2. The molecule has 0 heterocycles. The molecule has 0 spiro atoms. The predicted molar refractivity (Wildman–Crippen MR) is 234 cm³/mol. The smallest absolute Gasteiger partial charge is 0.426 e. The molecule has 0 aliphatic heterocycles. The van der Waals surface area contributed by atoms with Crippen LogP contribution in [0, 0.1) is 0 Å². The van der Waals surface area contributed by atoms with Crippen molar-refractivity contribution in [2.45, 2.75) is 56.2 Å². The molecule has 0 amide bonds. The Morgan fingerprint density at radius 2 is 0.884 bits per heavy atom. The van der Waals surface area contributed by atoms with Crippen LogP contribution in [0.2, 0.25) is 0 Å². The number of hydrogen-bond acceptors (Lipinski definition) is 10. The Morgan fingerprint density at radius 3 is 1.25 bits per heavy atom. The van der Waals surface area contributed by atoms with Crippen LogP contribution in [0.5, 0.6) is 23.0 Å². The Bertz CT molecular complexity index is 2350. The second-order valence-corrected chi connectivity index (χ2v) is 15.1. The van der Waals surface area contributed by atoms with Gasteiger partial charge in [0.25, 0.3) is 0 Å². The van der Waals surface area contributed by atoms with Crippen molar-refractivity contribution in [2.75, 3.05) is 37.9 Å². The highest BCUT2D eigenvalue weighted by Gasteiger charge is 2.36. The van der Waals surface area contributed by atoms with Crippen LogP contribution in [-0.2, 0) is 31.3 Å². The van der Waals surface area contributed by atoms with Gasteiger partial charge in [-0.05, 0) is 127 Å². The van der Waals surface area contributed by atoms with E-state index in [-0.39, 0.29) is 68.0 Å². The fraction of sp³-hybridized carbons (Fsp3) is 0.265. The maximum absolute atomic E-state index is 14.9. The fourth-order valence-electron chi connectivity index (χ4n) is 6.11. The van der Waals surface area contributed by atoms with Crippen LogP contribution in [0.15, 0.2) is 127 Å². The van der Waals surface area contributed by atoms with Gasteiger partial charge in [-0.25, -0.2) is 9.59 Å². The number of esters is 2. The summed E-state index contributed by atoms with van der Waals surface area (Å²) in [4.78, 5) is 25.5. The minimum Gasteiger partial charge on any atom is -0.494 e. The first-order valence-corrected chi connectivity index (χ1v) is 20.8. The molecule has 4 N–H and O–H groups in total. The van der Waals surface area contributed by atoms with E-state index in [1.165, 1.54) is 91.0 Å². The molecule has 5 aromatic rings.